The highest BCUT2D eigenvalue weighted by atomic mass is 127. The van der Waals surface area contributed by atoms with Crippen molar-refractivity contribution in [3.05, 3.63) is 23.8 Å². The number of amides is 1. The summed E-state index contributed by atoms with van der Waals surface area (Å²) in [7, 11) is 5.86. The van der Waals surface area contributed by atoms with Crippen molar-refractivity contribution in [3.63, 3.8) is 0 Å². The highest BCUT2D eigenvalue weighted by molar-refractivity contribution is 14.1. The van der Waals surface area contributed by atoms with Gasteiger partial charge in [0, 0.05) is 31.7 Å². The van der Waals surface area contributed by atoms with E-state index < -0.39 is 6.09 Å². The molecular formula is C16H24IN3O2. The Balaban J connectivity index is 0.000000847. The summed E-state index contributed by atoms with van der Waals surface area (Å²) >= 11 is 2.15. The van der Waals surface area contributed by atoms with Crippen LogP contribution < -0.4 is 15.0 Å². The third-order valence-electron chi connectivity index (χ3n) is 4.72. The van der Waals surface area contributed by atoms with Crippen LogP contribution in [0.15, 0.2) is 18.2 Å². The lowest BCUT2D eigenvalue weighted by molar-refractivity contribution is 0.203. The van der Waals surface area contributed by atoms with Gasteiger partial charge in [0.1, 0.15) is 5.75 Å². The second-order valence-electron chi connectivity index (χ2n) is 5.95. The lowest BCUT2D eigenvalue weighted by atomic mass is 9.81. The molecule has 6 heteroatoms. The molecule has 3 rings (SSSR count). The lowest BCUT2D eigenvalue weighted by Crippen LogP contribution is -2.45. The molecule has 0 spiro atoms. The van der Waals surface area contributed by atoms with E-state index in [1.54, 1.807) is 7.05 Å². The van der Waals surface area contributed by atoms with Gasteiger partial charge in [-0.1, -0.05) is 29.5 Å². The summed E-state index contributed by atoms with van der Waals surface area (Å²) in [5.74, 6) is 0.605. The molecule has 2 atom stereocenters. The molecule has 2 heterocycles. The van der Waals surface area contributed by atoms with Gasteiger partial charge in [-0.25, -0.2) is 4.79 Å². The van der Waals surface area contributed by atoms with Crippen LogP contribution in [0.4, 0.5) is 10.5 Å². The Kier molecular flexibility index (Phi) is 5.21. The molecule has 5 nitrogen and oxygen atoms in total. The maximum absolute atomic E-state index is 11.4. The van der Waals surface area contributed by atoms with Crippen molar-refractivity contribution in [1.82, 2.24) is 10.2 Å². The minimum absolute atomic E-state index is 0.0981. The molecule has 0 saturated carbocycles. The number of anilines is 1. The molecular weight excluding hydrogens is 393 g/mol. The van der Waals surface area contributed by atoms with Crippen molar-refractivity contribution >= 4 is 34.4 Å². The standard InChI is InChI=1S/C15H21N3O2.CH3I/c1-15-7-8-17(3)13(15)18(4)12-6-5-10(9-11(12)15)20-14(19)16-2;1-2/h5-6,9,13H,7-8H2,1-4H3,(H,16,19);1H3/t13-,15+;/m1./s1. The van der Waals surface area contributed by atoms with E-state index in [2.05, 4.69) is 58.7 Å². The number of alkyl halides is 1. The Morgan fingerprint density at radius 3 is 2.73 bits per heavy atom. The molecule has 0 unspecified atom stereocenters. The first kappa shape index (κ1) is 17.3. The largest absolute Gasteiger partial charge is 0.412 e. The molecule has 1 fully saturated rings. The summed E-state index contributed by atoms with van der Waals surface area (Å²) in [5, 5.41) is 2.47. The van der Waals surface area contributed by atoms with Crippen LogP contribution in [0.3, 0.4) is 0 Å². The number of fused-ring (bicyclic) bond motifs is 3. The molecule has 1 aromatic carbocycles. The van der Waals surface area contributed by atoms with Crippen LogP contribution in [0.5, 0.6) is 5.75 Å². The number of hydrogen-bond donors (Lipinski definition) is 1. The molecule has 0 aromatic heterocycles. The van der Waals surface area contributed by atoms with Crippen LogP contribution in [0.2, 0.25) is 0 Å². The summed E-state index contributed by atoms with van der Waals surface area (Å²) < 4.78 is 5.26. The monoisotopic (exact) mass is 417 g/mol. The molecule has 1 amide bonds. The Labute approximate surface area is 146 Å². The Morgan fingerprint density at radius 1 is 1.41 bits per heavy atom. The van der Waals surface area contributed by atoms with Gasteiger partial charge in [-0.15, -0.1) is 0 Å². The van der Waals surface area contributed by atoms with E-state index in [1.165, 1.54) is 11.3 Å². The normalized spacial score (nSPS) is 25.9. The van der Waals surface area contributed by atoms with E-state index in [9.17, 15) is 4.79 Å². The van der Waals surface area contributed by atoms with Crippen molar-refractivity contribution in [2.45, 2.75) is 24.9 Å². The average Bonchev–Trinajstić information content (AvgIpc) is 2.95. The van der Waals surface area contributed by atoms with Crippen LogP contribution in [-0.4, -0.2) is 49.8 Å². The number of hydrogen-bond acceptors (Lipinski definition) is 4. The van der Waals surface area contributed by atoms with Crippen molar-refractivity contribution in [2.24, 2.45) is 0 Å². The topological polar surface area (TPSA) is 44.8 Å². The van der Waals surface area contributed by atoms with E-state index in [-0.39, 0.29) is 5.41 Å². The second-order valence-corrected chi connectivity index (χ2v) is 5.95. The van der Waals surface area contributed by atoms with Crippen LogP contribution in [-0.2, 0) is 5.41 Å². The van der Waals surface area contributed by atoms with E-state index in [0.717, 1.165) is 13.0 Å². The first-order valence-corrected chi connectivity index (χ1v) is 9.48. The van der Waals surface area contributed by atoms with Crippen LogP contribution >= 0.6 is 22.6 Å². The minimum atomic E-state index is -0.429. The molecule has 1 N–H and O–H groups in total. The van der Waals surface area contributed by atoms with E-state index >= 15 is 0 Å². The fourth-order valence-electron chi connectivity index (χ4n) is 3.78. The SMILES string of the molecule is CI.CNC(=O)Oc1ccc2c(c1)[C@]1(C)CCN(C)[C@@H]1N2C. The number of halogens is 1. The lowest BCUT2D eigenvalue weighted by Gasteiger charge is -2.32. The molecule has 0 radical (unpaired) electrons. The quantitative estimate of drug-likeness (QED) is 0.564. The number of carbonyl (C=O) groups excluding carboxylic acids is 1. The number of ether oxygens (including phenoxy) is 1. The highest BCUT2D eigenvalue weighted by Gasteiger charge is 2.52. The van der Waals surface area contributed by atoms with Crippen molar-refractivity contribution < 1.29 is 9.53 Å². The van der Waals surface area contributed by atoms with Crippen molar-refractivity contribution in [1.29, 1.82) is 0 Å². The first-order valence-electron chi connectivity index (χ1n) is 7.32. The molecule has 2 aliphatic heterocycles. The third-order valence-corrected chi connectivity index (χ3v) is 4.72. The summed E-state index contributed by atoms with van der Waals surface area (Å²) in [6.07, 6.45) is 1.07. The summed E-state index contributed by atoms with van der Waals surface area (Å²) in [6, 6.07) is 5.92. The zero-order valence-electron chi connectivity index (χ0n) is 13.8. The van der Waals surface area contributed by atoms with Gasteiger partial charge in [-0.05, 0) is 42.2 Å². The molecule has 1 saturated heterocycles. The van der Waals surface area contributed by atoms with Crippen LogP contribution in [0.1, 0.15) is 18.9 Å². The number of nitrogens with one attached hydrogen (secondary N) is 1. The predicted molar refractivity (Wildman–Crippen MR) is 98.3 cm³/mol. The van der Waals surface area contributed by atoms with Gasteiger partial charge in [0.25, 0.3) is 0 Å². The highest BCUT2D eigenvalue weighted by Crippen LogP contribution is 2.51. The zero-order valence-corrected chi connectivity index (χ0v) is 16.0. The van der Waals surface area contributed by atoms with Gasteiger partial charge >= 0.3 is 6.09 Å². The summed E-state index contributed by atoms with van der Waals surface area (Å²) in [4.78, 5) is 18.0. The van der Waals surface area contributed by atoms with E-state index in [0.29, 0.717) is 11.9 Å². The van der Waals surface area contributed by atoms with Crippen LogP contribution in [0.25, 0.3) is 0 Å². The third kappa shape index (κ3) is 2.67. The number of likely N-dealkylation sites (tertiary alicyclic amines) is 1. The molecule has 0 aliphatic carbocycles. The number of benzene rings is 1. The van der Waals surface area contributed by atoms with E-state index in [1.807, 2.05) is 23.1 Å². The van der Waals surface area contributed by atoms with Gasteiger partial charge < -0.3 is 15.0 Å². The molecule has 2 aliphatic rings. The average molecular weight is 417 g/mol. The zero-order chi connectivity index (χ0) is 16.5. The Hall–Kier alpha value is -1.02. The van der Waals surface area contributed by atoms with Crippen molar-refractivity contribution in [2.75, 3.05) is 37.5 Å². The minimum Gasteiger partial charge on any atom is -0.410 e. The van der Waals surface area contributed by atoms with Gasteiger partial charge in [-0.2, -0.15) is 0 Å². The summed E-state index contributed by atoms with van der Waals surface area (Å²) in [5.41, 5.74) is 2.60. The van der Waals surface area contributed by atoms with Gasteiger partial charge in [-0.3, -0.25) is 4.90 Å². The second kappa shape index (κ2) is 6.62. The number of carbonyl (C=O) groups is 1. The van der Waals surface area contributed by atoms with Gasteiger partial charge in [0.05, 0.1) is 6.17 Å². The molecule has 22 heavy (non-hydrogen) atoms. The Morgan fingerprint density at radius 2 is 2.09 bits per heavy atom. The maximum Gasteiger partial charge on any atom is 0.412 e. The molecule has 1 aromatic rings. The van der Waals surface area contributed by atoms with Gasteiger partial charge in [0.15, 0.2) is 0 Å². The predicted octanol–water partition coefficient (Wildman–Crippen LogP) is 2.83. The van der Waals surface area contributed by atoms with Crippen molar-refractivity contribution in [3.8, 4) is 5.75 Å². The fourth-order valence-corrected chi connectivity index (χ4v) is 3.78. The number of likely N-dealkylation sites (N-methyl/N-ethyl adjacent to an activating group) is 2. The molecule has 122 valence electrons. The van der Waals surface area contributed by atoms with E-state index in [4.69, 9.17) is 4.74 Å². The first-order chi connectivity index (χ1) is 10.5. The molecule has 0 bridgehead atoms. The maximum atomic E-state index is 11.4. The van der Waals surface area contributed by atoms with Crippen LogP contribution in [0, 0.1) is 0 Å². The fraction of sp³-hybridized carbons (Fsp3) is 0.562. The number of rotatable bonds is 1. The summed E-state index contributed by atoms with van der Waals surface area (Å²) in [6.45, 7) is 3.39. The van der Waals surface area contributed by atoms with Gasteiger partial charge in [0.2, 0.25) is 0 Å². The number of nitrogens with zero attached hydrogens (tertiary/aromatic N) is 2. The Bertz CT molecular complexity index is 566. The smallest absolute Gasteiger partial charge is 0.410 e.